The van der Waals surface area contributed by atoms with E-state index in [4.69, 9.17) is 4.74 Å². The lowest BCUT2D eigenvalue weighted by atomic mass is 10.0. The number of benzene rings is 3. The molecule has 170 valence electrons. The molecule has 0 unspecified atom stereocenters. The summed E-state index contributed by atoms with van der Waals surface area (Å²) in [5.74, 6) is 1.78. The second-order valence-corrected chi connectivity index (χ2v) is 8.78. The van der Waals surface area contributed by atoms with Crippen LogP contribution in [0.5, 0.6) is 5.75 Å². The fraction of sp³-hybridized carbons (Fsp3) is 0.214. The Morgan fingerprint density at radius 1 is 1.06 bits per heavy atom. The molecule has 0 fully saturated rings. The number of ether oxygens (including phenoxy) is 1. The lowest BCUT2D eigenvalue weighted by molar-refractivity contribution is 0.0723. The van der Waals surface area contributed by atoms with E-state index in [1.54, 1.807) is 0 Å². The molecule has 1 aliphatic heterocycles. The highest BCUT2D eigenvalue weighted by Crippen LogP contribution is 2.31. The topological polar surface area (TPSA) is 63.1 Å². The second-order valence-electron chi connectivity index (χ2n) is 8.78. The van der Waals surface area contributed by atoms with Gasteiger partial charge in [-0.1, -0.05) is 30.3 Å². The molecular formula is C28H26N4O2. The van der Waals surface area contributed by atoms with E-state index in [-0.39, 0.29) is 5.91 Å². The van der Waals surface area contributed by atoms with Crippen LogP contribution in [0.15, 0.2) is 66.7 Å². The summed E-state index contributed by atoms with van der Waals surface area (Å²) in [5, 5.41) is 1.09. The molecule has 3 heterocycles. The molecule has 0 saturated heterocycles. The van der Waals surface area contributed by atoms with Crippen molar-refractivity contribution in [2.45, 2.75) is 26.9 Å². The molecule has 34 heavy (non-hydrogen) atoms. The standard InChI is InChI=1S/C28H26N4O2/c1-3-32-25-7-5-4-6-21(25)16-26(32)28(33)31-12-13-34-27-11-9-19(14-22(27)17-31)20-8-10-23-24(15-20)30-18(2)29-23/h4-11,14-16H,3,12-13,17H2,1-2H3,(H,29,30). The summed E-state index contributed by atoms with van der Waals surface area (Å²) in [7, 11) is 0. The average molecular weight is 451 g/mol. The predicted octanol–water partition coefficient (Wildman–Crippen LogP) is 5.55. The molecule has 6 heteroatoms. The monoisotopic (exact) mass is 450 g/mol. The molecule has 3 aromatic carbocycles. The van der Waals surface area contributed by atoms with Crippen molar-refractivity contribution >= 4 is 27.8 Å². The van der Waals surface area contributed by atoms with E-state index in [1.165, 1.54) is 0 Å². The van der Waals surface area contributed by atoms with Crippen LogP contribution in [-0.2, 0) is 13.1 Å². The third-order valence-electron chi connectivity index (χ3n) is 6.61. The van der Waals surface area contributed by atoms with Crippen molar-refractivity contribution in [2.24, 2.45) is 0 Å². The lowest BCUT2D eigenvalue weighted by Gasteiger charge is -2.21. The van der Waals surface area contributed by atoms with Crippen LogP contribution in [0.2, 0.25) is 0 Å². The van der Waals surface area contributed by atoms with Gasteiger partial charge in [0.15, 0.2) is 0 Å². The maximum Gasteiger partial charge on any atom is 0.270 e. The normalized spacial score (nSPS) is 13.6. The SMILES string of the molecule is CCn1c(C(=O)N2CCOc3ccc(-c4ccc5nc(C)[nH]c5c4)cc3C2)cc2ccccc21. The molecule has 1 N–H and O–H groups in total. The highest BCUT2D eigenvalue weighted by Gasteiger charge is 2.24. The van der Waals surface area contributed by atoms with Gasteiger partial charge in [-0.3, -0.25) is 4.79 Å². The number of aryl methyl sites for hydroxylation is 2. The smallest absolute Gasteiger partial charge is 0.270 e. The second kappa shape index (κ2) is 8.06. The Morgan fingerprint density at radius 2 is 1.88 bits per heavy atom. The largest absolute Gasteiger partial charge is 0.491 e. The average Bonchev–Trinajstić information content (AvgIpc) is 3.34. The van der Waals surface area contributed by atoms with E-state index in [0.29, 0.717) is 19.7 Å². The molecule has 0 aliphatic carbocycles. The zero-order chi connectivity index (χ0) is 23.2. The third-order valence-corrected chi connectivity index (χ3v) is 6.61. The van der Waals surface area contributed by atoms with E-state index in [9.17, 15) is 4.79 Å². The minimum Gasteiger partial charge on any atom is -0.491 e. The summed E-state index contributed by atoms with van der Waals surface area (Å²) < 4.78 is 8.13. The summed E-state index contributed by atoms with van der Waals surface area (Å²) >= 11 is 0. The van der Waals surface area contributed by atoms with Gasteiger partial charge in [0.25, 0.3) is 5.91 Å². The van der Waals surface area contributed by atoms with Crippen LogP contribution in [0.25, 0.3) is 33.1 Å². The van der Waals surface area contributed by atoms with E-state index in [2.05, 4.69) is 57.9 Å². The molecule has 1 amide bonds. The van der Waals surface area contributed by atoms with E-state index in [0.717, 1.165) is 62.4 Å². The summed E-state index contributed by atoms with van der Waals surface area (Å²) in [6.07, 6.45) is 0. The number of carbonyl (C=O) groups excluding carboxylic acids is 1. The number of hydrogen-bond acceptors (Lipinski definition) is 3. The van der Waals surface area contributed by atoms with E-state index < -0.39 is 0 Å². The molecule has 6 nitrogen and oxygen atoms in total. The predicted molar refractivity (Wildman–Crippen MR) is 134 cm³/mol. The van der Waals surface area contributed by atoms with Gasteiger partial charge in [0.2, 0.25) is 0 Å². The fourth-order valence-corrected chi connectivity index (χ4v) is 4.95. The van der Waals surface area contributed by atoms with Gasteiger partial charge in [-0.2, -0.15) is 0 Å². The Labute approximate surface area is 197 Å². The highest BCUT2D eigenvalue weighted by molar-refractivity contribution is 5.99. The number of imidazole rings is 1. The van der Waals surface area contributed by atoms with Crippen molar-refractivity contribution in [3.05, 3.63) is 83.8 Å². The maximum absolute atomic E-state index is 13.7. The van der Waals surface area contributed by atoms with Gasteiger partial charge < -0.3 is 19.2 Å². The van der Waals surface area contributed by atoms with Crippen LogP contribution in [0.1, 0.15) is 28.8 Å². The number of aromatic nitrogens is 3. The Kier molecular flexibility index (Phi) is 4.87. The molecule has 0 bridgehead atoms. The van der Waals surface area contributed by atoms with Gasteiger partial charge in [0.1, 0.15) is 23.9 Å². The van der Waals surface area contributed by atoms with Crippen LogP contribution >= 0.6 is 0 Å². The molecule has 0 atom stereocenters. The van der Waals surface area contributed by atoms with Crippen LogP contribution in [-0.4, -0.2) is 38.5 Å². The molecule has 2 aromatic heterocycles. The van der Waals surface area contributed by atoms with E-state index in [1.807, 2.05) is 42.2 Å². The number of para-hydroxylation sites is 1. The molecule has 1 aliphatic rings. The molecule has 6 rings (SSSR count). The number of nitrogens with one attached hydrogen (secondary N) is 1. The number of hydrogen-bond donors (Lipinski definition) is 1. The Morgan fingerprint density at radius 3 is 2.76 bits per heavy atom. The number of nitrogens with zero attached hydrogens (tertiary/aromatic N) is 3. The summed E-state index contributed by atoms with van der Waals surface area (Å²) in [6, 6.07) is 22.6. The van der Waals surface area contributed by atoms with Crippen molar-refractivity contribution < 1.29 is 9.53 Å². The Bertz CT molecular complexity index is 1550. The summed E-state index contributed by atoms with van der Waals surface area (Å²) in [5.41, 5.74) is 7.01. The van der Waals surface area contributed by atoms with Crippen molar-refractivity contribution in [1.29, 1.82) is 0 Å². The highest BCUT2D eigenvalue weighted by atomic mass is 16.5. The number of carbonyl (C=O) groups is 1. The minimum absolute atomic E-state index is 0.0363. The quantitative estimate of drug-likeness (QED) is 0.392. The van der Waals surface area contributed by atoms with E-state index >= 15 is 0 Å². The lowest BCUT2D eigenvalue weighted by Crippen LogP contribution is -2.33. The first-order valence-corrected chi connectivity index (χ1v) is 11.7. The fourth-order valence-electron chi connectivity index (χ4n) is 4.95. The van der Waals surface area contributed by atoms with Crippen LogP contribution in [0.4, 0.5) is 0 Å². The van der Waals surface area contributed by atoms with Crippen LogP contribution in [0.3, 0.4) is 0 Å². The van der Waals surface area contributed by atoms with Gasteiger partial charge in [-0.05, 0) is 61.4 Å². The van der Waals surface area contributed by atoms with Crippen LogP contribution in [0, 0.1) is 6.92 Å². The van der Waals surface area contributed by atoms with Gasteiger partial charge in [0, 0.05) is 29.6 Å². The summed E-state index contributed by atoms with van der Waals surface area (Å²) in [4.78, 5) is 23.4. The number of H-pyrrole nitrogens is 1. The zero-order valence-electron chi connectivity index (χ0n) is 19.3. The molecule has 0 saturated carbocycles. The van der Waals surface area contributed by atoms with Crippen LogP contribution < -0.4 is 4.74 Å². The molecule has 0 spiro atoms. The minimum atomic E-state index is 0.0363. The van der Waals surface area contributed by atoms with Crippen molar-refractivity contribution in [2.75, 3.05) is 13.2 Å². The third kappa shape index (κ3) is 3.43. The van der Waals surface area contributed by atoms with Crippen molar-refractivity contribution in [3.63, 3.8) is 0 Å². The first-order chi connectivity index (χ1) is 16.6. The molecule has 0 radical (unpaired) electrons. The molecular weight excluding hydrogens is 424 g/mol. The summed E-state index contributed by atoms with van der Waals surface area (Å²) in [6.45, 7) is 6.32. The first kappa shape index (κ1) is 20.5. The van der Waals surface area contributed by atoms with Gasteiger partial charge in [-0.15, -0.1) is 0 Å². The van der Waals surface area contributed by atoms with Crippen molar-refractivity contribution in [3.8, 4) is 16.9 Å². The number of amides is 1. The number of rotatable bonds is 3. The van der Waals surface area contributed by atoms with Crippen molar-refractivity contribution in [1.82, 2.24) is 19.4 Å². The Balaban J connectivity index is 1.34. The zero-order valence-corrected chi connectivity index (χ0v) is 19.3. The number of fused-ring (bicyclic) bond motifs is 3. The van der Waals surface area contributed by atoms with Gasteiger partial charge in [-0.25, -0.2) is 4.98 Å². The Hall–Kier alpha value is -4.06. The van der Waals surface area contributed by atoms with Gasteiger partial charge in [0.05, 0.1) is 17.6 Å². The number of aromatic amines is 1. The maximum atomic E-state index is 13.7. The van der Waals surface area contributed by atoms with Gasteiger partial charge >= 0.3 is 0 Å². The first-order valence-electron chi connectivity index (χ1n) is 11.7. The molecule has 5 aromatic rings.